The zero-order chi connectivity index (χ0) is 17.7. The monoisotopic (exact) mass is 356 g/mol. The van der Waals surface area contributed by atoms with Crippen molar-refractivity contribution in [3.8, 4) is 0 Å². The minimum atomic E-state index is -2.49. The van der Waals surface area contributed by atoms with Gasteiger partial charge in [0.1, 0.15) is 13.0 Å². The second-order valence-electron chi connectivity index (χ2n) is 7.28. The summed E-state index contributed by atoms with van der Waals surface area (Å²) in [6.07, 6.45) is 5.81. The Balaban J connectivity index is 2.02. The molecule has 0 spiro atoms. The van der Waals surface area contributed by atoms with Crippen molar-refractivity contribution in [3.63, 3.8) is 0 Å². The Morgan fingerprint density at radius 2 is 1.36 bits per heavy atom. The summed E-state index contributed by atoms with van der Waals surface area (Å²) in [6, 6.07) is 20.8. The lowest BCUT2D eigenvalue weighted by Gasteiger charge is -2.37. The molecule has 0 saturated heterocycles. The molecule has 2 aromatic rings. The fourth-order valence-corrected chi connectivity index (χ4v) is 7.45. The topological polar surface area (TPSA) is 26.3 Å². The first-order chi connectivity index (χ1) is 12.1. The maximum atomic E-state index is 14.0. The van der Waals surface area contributed by atoms with Gasteiger partial charge in [-0.25, -0.2) is 0 Å². The Morgan fingerprint density at radius 3 is 1.80 bits per heavy atom. The van der Waals surface area contributed by atoms with Gasteiger partial charge in [0.25, 0.3) is 0 Å². The van der Waals surface area contributed by atoms with Crippen molar-refractivity contribution in [2.24, 2.45) is 0 Å². The Labute approximate surface area is 152 Å². The van der Waals surface area contributed by atoms with E-state index in [1.54, 1.807) is 7.11 Å². The van der Waals surface area contributed by atoms with Gasteiger partial charge in [-0.1, -0.05) is 79.9 Å². The predicted octanol–water partition coefficient (Wildman–Crippen LogP) is 6.12. The standard InChI is InChI=1S/C22H29O2P/c1-24-22(25(2,23)20-16-10-5-11-17-20)21(18-12-6-3-7-13-18)19-14-8-4-9-15-19/h3-4,6-9,12-15,20-22H,5,10-11,16-17H2,1-2H3. The molecule has 2 aromatic carbocycles. The van der Waals surface area contributed by atoms with Crippen LogP contribution in [0.1, 0.15) is 49.1 Å². The van der Waals surface area contributed by atoms with E-state index < -0.39 is 7.14 Å². The fraction of sp³-hybridized carbons (Fsp3) is 0.455. The number of hydrogen-bond acceptors (Lipinski definition) is 2. The van der Waals surface area contributed by atoms with Crippen LogP contribution in [0.5, 0.6) is 0 Å². The van der Waals surface area contributed by atoms with Crippen LogP contribution in [-0.2, 0) is 9.30 Å². The molecule has 134 valence electrons. The SMILES string of the molecule is COC(C(c1ccccc1)c1ccccc1)P(C)(=O)C1CCCCC1. The summed E-state index contributed by atoms with van der Waals surface area (Å²) < 4.78 is 19.9. The van der Waals surface area contributed by atoms with Crippen LogP contribution in [0.25, 0.3) is 0 Å². The van der Waals surface area contributed by atoms with Gasteiger partial charge >= 0.3 is 0 Å². The molecular formula is C22H29O2P. The summed E-state index contributed by atoms with van der Waals surface area (Å²) in [6.45, 7) is 1.98. The van der Waals surface area contributed by atoms with Crippen LogP contribution in [0, 0.1) is 0 Å². The van der Waals surface area contributed by atoms with Crippen LogP contribution in [0.3, 0.4) is 0 Å². The summed E-state index contributed by atoms with van der Waals surface area (Å²) in [5.41, 5.74) is 2.65. The van der Waals surface area contributed by atoms with Crippen LogP contribution >= 0.6 is 7.14 Å². The molecule has 2 unspecified atom stereocenters. The minimum Gasteiger partial charge on any atom is -0.373 e. The molecule has 2 atom stereocenters. The zero-order valence-electron chi connectivity index (χ0n) is 15.3. The highest BCUT2D eigenvalue weighted by Crippen LogP contribution is 2.61. The molecule has 0 aromatic heterocycles. The molecule has 1 saturated carbocycles. The third-order valence-corrected chi connectivity index (χ3v) is 9.14. The van der Waals surface area contributed by atoms with E-state index in [0.717, 1.165) is 12.8 Å². The lowest BCUT2D eigenvalue weighted by molar-refractivity contribution is 0.147. The molecular weight excluding hydrogens is 327 g/mol. The molecule has 1 fully saturated rings. The van der Waals surface area contributed by atoms with Crippen molar-refractivity contribution in [3.05, 3.63) is 71.8 Å². The van der Waals surface area contributed by atoms with Gasteiger partial charge in [0.05, 0.1) is 0 Å². The smallest absolute Gasteiger partial charge is 0.121 e. The van der Waals surface area contributed by atoms with Gasteiger partial charge in [-0.05, 0) is 30.6 Å². The second kappa shape index (κ2) is 8.34. The van der Waals surface area contributed by atoms with E-state index in [0.29, 0.717) is 5.66 Å². The number of benzene rings is 2. The number of hydrogen-bond donors (Lipinski definition) is 0. The Morgan fingerprint density at radius 1 is 0.880 bits per heavy atom. The van der Waals surface area contributed by atoms with Crippen LogP contribution in [0.2, 0.25) is 0 Å². The molecule has 1 aliphatic carbocycles. The summed E-state index contributed by atoms with van der Waals surface area (Å²) in [5.74, 6) is -0.273. The van der Waals surface area contributed by atoms with E-state index in [9.17, 15) is 4.57 Å². The summed E-state index contributed by atoms with van der Waals surface area (Å²) in [4.78, 5) is 0. The summed E-state index contributed by atoms with van der Waals surface area (Å²) >= 11 is 0. The van der Waals surface area contributed by atoms with E-state index >= 15 is 0 Å². The third kappa shape index (κ3) is 4.07. The third-order valence-electron chi connectivity index (χ3n) is 5.65. The summed E-state index contributed by atoms with van der Waals surface area (Å²) in [7, 11) is -0.763. The highest BCUT2D eigenvalue weighted by Gasteiger charge is 2.42. The zero-order valence-corrected chi connectivity index (χ0v) is 16.2. The maximum Gasteiger partial charge on any atom is 0.121 e. The average Bonchev–Trinajstić information content (AvgIpc) is 2.68. The first-order valence-corrected chi connectivity index (χ1v) is 11.6. The van der Waals surface area contributed by atoms with Gasteiger partial charge in [0.15, 0.2) is 0 Å². The fourth-order valence-electron chi connectivity index (χ4n) is 4.29. The van der Waals surface area contributed by atoms with Crippen LogP contribution in [-0.4, -0.2) is 25.3 Å². The first kappa shape index (κ1) is 18.4. The number of ether oxygens (including phenoxy) is 1. The van der Waals surface area contributed by atoms with E-state index in [1.807, 2.05) is 18.8 Å². The molecule has 1 aliphatic rings. The normalized spacial score (nSPS) is 19.5. The predicted molar refractivity (Wildman–Crippen MR) is 106 cm³/mol. The Bertz CT molecular complexity index is 653. The summed E-state index contributed by atoms with van der Waals surface area (Å²) in [5, 5.41) is 0. The van der Waals surface area contributed by atoms with Crippen molar-refractivity contribution in [1.82, 2.24) is 0 Å². The van der Waals surface area contributed by atoms with Crippen molar-refractivity contribution in [2.75, 3.05) is 13.8 Å². The van der Waals surface area contributed by atoms with Crippen LogP contribution < -0.4 is 0 Å². The molecule has 0 aliphatic heterocycles. The van der Waals surface area contributed by atoms with Gasteiger partial charge in [0, 0.05) is 18.7 Å². The largest absolute Gasteiger partial charge is 0.373 e. The lowest BCUT2D eigenvalue weighted by Crippen LogP contribution is -2.28. The lowest BCUT2D eigenvalue weighted by atomic mass is 9.92. The molecule has 0 amide bonds. The molecule has 0 N–H and O–H groups in total. The Kier molecular flexibility index (Phi) is 6.15. The van der Waals surface area contributed by atoms with Crippen LogP contribution in [0.4, 0.5) is 0 Å². The minimum absolute atomic E-state index is 0.00478. The maximum absolute atomic E-state index is 14.0. The quantitative estimate of drug-likeness (QED) is 0.583. The van der Waals surface area contributed by atoms with E-state index in [4.69, 9.17) is 4.74 Å². The van der Waals surface area contributed by atoms with E-state index in [2.05, 4.69) is 48.5 Å². The molecule has 0 radical (unpaired) electrons. The highest BCUT2D eigenvalue weighted by atomic mass is 31.2. The molecule has 3 heteroatoms. The van der Waals surface area contributed by atoms with Crippen molar-refractivity contribution in [2.45, 2.75) is 49.5 Å². The number of methoxy groups -OCH3 is 1. The molecule has 3 rings (SSSR count). The number of rotatable bonds is 6. The van der Waals surface area contributed by atoms with Crippen molar-refractivity contribution in [1.29, 1.82) is 0 Å². The van der Waals surface area contributed by atoms with E-state index in [1.165, 1.54) is 30.4 Å². The van der Waals surface area contributed by atoms with Crippen molar-refractivity contribution < 1.29 is 9.30 Å². The molecule has 2 nitrogen and oxygen atoms in total. The van der Waals surface area contributed by atoms with Crippen LogP contribution in [0.15, 0.2) is 60.7 Å². The van der Waals surface area contributed by atoms with Gasteiger partial charge in [-0.15, -0.1) is 0 Å². The highest BCUT2D eigenvalue weighted by molar-refractivity contribution is 7.64. The van der Waals surface area contributed by atoms with Gasteiger partial charge in [-0.2, -0.15) is 0 Å². The molecule has 0 bridgehead atoms. The Hall–Kier alpha value is -1.37. The second-order valence-corrected chi connectivity index (χ2v) is 10.6. The van der Waals surface area contributed by atoms with Gasteiger partial charge < -0.3 is 9.30 Å². The average molecular weight is 356 g/mol. The molecule has 0 heterocycles. The first-order valence-electron chi connectivity index (χ1n) is 9.34. The van der Waals surface area contributed by atoms with E-state index in [-0.39, 0.29) is 11.8 Å². The van der Waals surface area contributed by atoms with Gasteiger partial charge in [0.2, 0.25) is 0 Å². The van der Waals surface area contributed by atoms with Gasteiger partial charge in [-0.3, -0.25) is 0 Å². The molecule has 25 heavy (non-hydrogen) atoms. The van der Waals surface area contributed by atoms with Crippen molar-refractivity contribution >= 4 is 7.14 Å².